The number of aryl methyl sites for hydroxylation is 1. The largest absolute Gasteiger partial charge is 0.457 e. The molecule has 0 spiro atoms. The minimum atomic E-state index is -0.135. The first-order valence-electron chi connectivity index (χ1n) is 11.3. The third kappa shape index (κ3) is 4.34. The van der Waals surface area contributed by atoms with E-state index in [9.17, 15) is 9.59 Å². The van der Waals surface area contributed by atoms with Crippen LogP contribution in [0.2, 0.25) is 0 Å². The van der Waals surface area contributed by atoms with Crippen LogP contribution < -0.4 is 5.32 Å². The molecule has 1 aromatic heterocycles. The molecule has 5 rings (SSSR count). The van der Waals surface area contributed by atoms with Crippen LogP contribution in [-0.2, 0) is 4.79 Å². The number of anilines is 1. The summed E-state index contributed by atoms with van der Waals surface area (Å²) in [5.74, 6) is 1.17. The molecular weight excluding hydrogens is 414 g/mol. The van der Waals surface area contributed by atoms with Gasteiger partial charge in [0.15, 0.2) is 0 Å². The fraction of sp³-hybridized carbons (Fsp3) is 0.259. The zero-order valence-electron chi connectivity index (χ0n) is 18.9. The molecule has 33 heavy (non-hydrogen) atoms. The summed E-state index contributed by atoms with van der Waals surface area (Å²) in [6, 6.07) is 17.2. The Bertz CT molecular complexity index is 1260. The van der Waals surface area contributed by atoms with Crippen LogP contribution in [0.4, 0.5) is 5.69 Å². The molecule has 0 saturated carbocycles. The summed E-state index contributed by atoms with van der Waals surface area (Å²) in [4.78, 5) is 29.7. The Labute approximate surface area is 193 Å². The standard InChI is InChI=1S/C27H27N3O3/c1-18-7-9-24-22(15-18)23(26(31)28-24)17-21-8-10-25(33-21)19-5-3-6-20(16-19)27(32)30-12-4-11-29(2)13-14-30/h3,5-10,15-17H,4,11-14H2,1-2H3,(H,28,31). The number of carbonyl (C=O) groups is 2. The van der Waals surface area contributed by atoms with E-state index < -0.39 is 0 Å². The molecule has 2 aromatic carbocycles. The lowest BCUT2D eigenvalue weighted by Gasteiger charge is -2.20. The highest BCUT2D eigenvalue weighted by molar-refractivity contribution is 6.34. The summed E-state index contributed by atoms with van der Waals surface area (Å²) >= 11 is 0. The highest BCUT2D eigenvalue weighted by Crippen LogP contribution is 2.34. The molecule has 1 fully saturated rings. The van der Waals surface area contributed by atoms with Gasteiger partial charge in [-0.1, -0.05) is 23.8 Å². The van der Waals surface area contributed by atoms with E-state index in [0.717, 1.165) is 55.0 Å². The quantitative estimate of drug-likeness (QED) is 0.607. The average molecular weight is 442 g/mol. The van der Waals surface area contributed by atoms with Gasteiger partial charge < -0.3 is 19.5 Å². The van der Waals surface area contributed by atoms with Gasteiger partial charge in [-0.05, 0) is 69.4 Å². The normalized spacial score (nSPS) is 17.7. The van der Waals surface area contributed by atoms with Crippen molar-refractivity contribution in [2.24, 2.45) is 0 Å². The van der Waals surface area contributed by atoms with Gasteiger partial charge in [-0.3, -0.25) is 9.59 Å². The van der Waals surface area contributed by atoms with Gasteiger partial charge in [0.05, 0.1) is 5.57 Å². The molecule has 2 aliphatic heterocycles. The summed E-state index contributed by atoms with van der Waals surface area (Å²) < 4.78 is 6.05. The van der Waals surface area contributed by atoms with Crippen molar-refractivity contribution in [3.8, 4) is 11.3 Å². The maximum atomic E-state index is 13.1. The van der Waals surface area contributed by atoms with Crippen molar-refractivity contribution in [3.63, 3.8) is 0 Å². The molecule has 0 atom stereocenters. The average Bonchev–Trinajstić information content (AvgIpc) is 3.33. The maximum absolute atomic E-state index is 13.1. The van der Waals surface area contributed by atoms with Gasteiger partial charge in [0.2, 0.25) is 0 Å². The molecular formula is C27H27N3O3. The predicted octanol–water partition coefficient (Wildman–Crippen LogP) is 4.53. The summed E-state index contributed by atoms with van der Waals surface area (Å²) in [6.45, 7) is 5.41. The molecule has 2 amide bonds. The van der Waals surface area contributed by atoms with Crippen LogP contribution in [0.3, 0.4) is 0 Å². The van der Waals surface area contributed by atoms with Crippen LogP contribution in [-0.4, -0.2) is 54.8 Å². The lowest BCUT2D eigenvalue weighted by molar-refractivity contribution is -0.110. The number of hydrogen-bond donors (Lipinski definition) is 1. The number of furan rings is 1. The van der Waals surface area contributed by atoms with Gasteiger partial charge in [0.1, 0.15) is 11.5 Å². The van der Waals surface area contributed by atoms with Crippen LogP contribution in [0.1, 0.15) is 33.7 Å². The van der Waals surface area contributed by atoms with Gasteiger partial charge in [0.25, 0.3) is 11.8 Å². The van der Waals surface area contributed by atoms with Crippen molar-refractivity contribution in [1.29, 1.82) is 0 Å². The molecule has 0 radical (unpaired) electrons. The molecule has 0 bridgehead atoms. The highest BCUT2D eigenvalue weighted by atomic mass is 16.3. The van der Waals surface area contributed by atoms with Gasteiger partial charge in [-0.2, -0.15) is 0 Å². The SMILES string of the molecule is Cc1ccc2c(c1)C(=Cc1ccc(-c3cccc(C(=O)N4CCCN(C)CC4)c3)o1)C(=O)N2. The Kier molecular flexibility index (Phi) is 5.60. The van der Waals surface area contributed by atoms with Crippen LogP contribution in [0.5, 0.6) is 0 Å². The minimum Gasteiger partial charge on any atom is -0.457 e. The van der Waals surface area contributed by atoms with Gasteiger partial charge in [-0.15, -0.1) is 0 Å². The molecule has 0 aliphatic carbocycles. The fourth-order valence-corrected chi connectivity index (χ4v) is 4.41. The Morgan fingerprint density at radius 1 is 1.03 bits per heavy atom. The van der Waals surface area contributed by atoms with Crippen molar-refractivity contribution in [2.75, 3.05) is 38.5 Å². The van der Waals surface area contributed by atoms with Crippen LogP contribution in [0.25, 0.3) is 23.0 Å². The second kappa shape index (κ2) is 8.71. The second-order valence-corrected chi connectivity index (χ2v) is 8.79. The number of carbonyl (C=O) groups excluding carboxylic acids is 2. The smallest absolute Gasteiger partial charge is 0.256 e. The molecule has 1 saturated heterocycles. The van der Waals surface area contributed by atoms with Crippen LogP contribution in [0, 0.1) is 6.92 Å². The van der Waals surface area contributed by atoms with E-state index in [4.69, 9.17) is 4.42 Å². The molecule has 6 nitrogen and oxygen atoms in total. The zero-order chi connectivity index (χ0) is 22.9. The second-order valence-electron chi connectivity index (χ2n) is 8.79. The van der Waals surface area contributed by atoms with Crippen LogP contribution >= 0.6 is 0 Å². The summed E-state index contributed by atoms with van der Waals surface area (Å²) in [6.07, 6.45) is 2.75. The third-order valence-corrected chi connectivity index (χ3v) is 6.27. The van der Waals surface area contributed by atoms with Crippen molar-refractivity contribution in [1.82, 2.24) is 9.80 Å². The van der Waals surface area contributed by atoms with Crippen molar-refractivity contribution in [3.05, 3.63) is 77.0 Å². The van der Waals surface area contributed by atoms with Crippen LogP contribution in [0.15, 0.2) is 59.0 Å². The lowest BCUT2D eigenvalue weighted by Crippen LogP contribution is -2.34. The molecule has 0 unspecified atom stereocenters. The molecule has 168 valence electrons. The number of likely N-dealkylation sites (N-methyl/N-ethyl adjacent to an activating group) is 1. The topological polar surface area (TPSA) is 65.8 Å². The summed E-state index contributed by atoms with van der Waals surface area (Å²) in [5.41, 5.74) is 4.87. The number of nitrogens with one attached hydrogen (secondary N) is 1. The zero-order valence-corrected chi connectivity index (χ0v) is 18.9. The number of benzene rings is 2. The Morgan fingerprint density at radius 2 is 1.91 bits per heavy atom. The third-order valence-electron chi connectivity index (χ3n) is 6.27. The van der Waals surface area contributed by atoms with E-state index >= 15 is 0 Å². The Morgan fingerprint density at radius 3 is 2.79 bits per heavy atom. The molecule has 2 aliphatic rings. The monoisotopic (exact) mass is 441 g/mol. The number of amides is 2. The molecule has 6 heteroatoms. The van der Waals surface area contributed by atoms with Gasteiger partial charge in [0, 0.05) is 42.0 Å². The summed E-state index contributed by atoms with van der Waals surface area (Å²) in [5, 5.41) is 2.90. The highest BCUT2D eigenvalue weighted by Gasteiger charge is 2.24. The van der Waals surface area contributed by atoms with E-state index in [2.05, 4.69) is 17.3 Å². The van der Waals surface area contributed by atoms with Gasteiger partial charge in [-0.25, -0.2) is 0 Å². The predicted molar refractivity (Wildman–Crippen MR) is 130 cm³/mol. The van der Waals surface area contributed by atoms with Crippen molar-refractivity contribution >= 4 is 29.2 Å². The van der Waals surface area contributed by atoms with E-state index in [1.807, 2.05) is 66.4 Å². The molecule has 3 aromatic rings. The van der Waals surface area contributed by atoms with E-state index in [1.54, 1.807) is 6.08 Å². The number of hydrogen-bond acceptors (Lipinski definition) is 4. The lowest BCUT2D eigenvalue weighted by atomic mass is 10.0. The summed E-state index contributed by atoms with van der Waals surface area (Å²) in [7, 11) is 2.09. The first-order valence-corrected chi connectivity index (χ1v) is 11.3. The first kappa shape index (κ1) is 21.2. The fourth-order valence-electron chi connectivity index (χ4n) is 4.41. The Balaban J connectivity index is 1.39. The van der Waals surface area contributed by atoms with Crippen molar-refractivity contribution in [2.45, 2.75) is 13.3 Å². The Hall–Kier alpha value is -3.64. The molecule has 1 N–H and O–H groups in total. The van der Waals surface area contributed by atoms with E-state index in [-0.39, 0.29) is 11.8 Å². The number of nitrogens with zero attached hydrogens (tertiary/aromatic N) is 2. The van der Waals surface area contributed by atoms with E-state index in [0.29, 0.717) is 22.7 Å². The van der Waals surface area contributed by atoms with E-state index in [1.165, 1.54) is 0 Å². The van der Waals surface area contributed by atoms with Gasteiger partial charge >= 0.3 is 0 Å². The molecule has 3 heterocycles. The first-order chi connectivity index (χ1) is 16.0. The maximum Gasteiger partial charge on any atom is 0.256 e. The number of fused-ring (bicyclic) bond motifs is 1. The van der Waals surface area contributed by atoms with Crippen molar-refractivity contribution < 1.29 is 14.0 Å². The number of rotatable bonds is 3. The minimum absolute atomic E-state index is 0.0515.